The monoisotopic (exact) mass is 208 g/mol. The van der Waals surface area contributed by atoms with Crippen molar-refractivity contribution < 1.29 is 5.11 Å². The van der Waals surface area contributed by atoms with Gasteiger partial charge in [0.15, 0.2) is 0 Å². The Balaban J connectivity index is 2.69. The molecular formula is C12H20N2O. The highest BCUT2D eigenvalue weighted by molar-refractivity contribution is 5.47. The molecule has 3 nitrogen and oxygen atoms in total. The number of nitrogens with zero attached hydrogens (tertiary/aromatic N) is 1. The molecule has 1 atom stereocenters. The van der Waals surface area contributed by atoms with Gasteiger partial charge in [-0.1, -0.05) is 17.7 Å². The maximum absolute atomic E-state index is 9.84. The third kappa shape index (κ3) is 3.53. The lowest BCUT2D eigenvalue weighted by Gasteiger charge is -2.29. The van der Waals surface area contributed by atoms with Crippen LogP contribution in [-0.2, 0) is 0 Å². The lowest BCUT2D eigenvalue weighted by atomic mass is 10.1. The van der Waals surface area contributed by atoms with Crippen LogP contribution in [0.25, 0.3) is 0 Å². The molecule has 1 aromatic rings. The van der Waals surface area contributed by atoms with Crippen LogP contribution in [0, 0.1) is 6.92 Å². The molecule has 0 spiro atoms. The molecule has 3 heteroatoms. The lowest BCUT2D eigenvalue weighted by molar-refractivity contribution is 0.0772. The van der Waals surface area contributed by atoms with E-state index in [1.807, 2.05) is 24.1 Å². The first-order valence-electron chi connectivity index (χ1n) is 5.15. The summed E-state index contributed by atoms with van der Waals surface area (Å²) in [6.45, 7) is 4.60. The Hall–Kier alpha value is -1.06. The number of hydrogen-bond donors (Lipinski definition) is 2. The van der Waals surface area contributed by atoms with Gasteiger partial charge in [-0.05, 0) is 26.0 Å². The quantitative estimate of drug-likeness (QED) is 0.780. The van der Waals surface area contributed by atoms with Crippen molar-refractivity contribution in [3.8, 4) is 0 Å². The van der Waals surface area contributed by atoms with Crippen LogP contribution in [0.3, 0.4) is 0 Å². The van der Waals surface area contributed by atoms with Crippen molar-refractivity contribution in [3.63, 3.8) is 0 Å². The molecule has 0 saturated carbocycles. The highest BCUT2D eigenvalue weighted by Gasteiger charge is 2.20. The van der Waals surface area contributed by atoms with Gasteiger partial charge in [-0.3, -0.25) is 0 Å². The van der Waals surface area contributed by atoms with Crippen LogP contribution in [0.1, 0.15) is 12.5 Å². The zero-order chi connectivity index (χ0) is 11.5. The van der Waals surface area contributed by atoms with Crippen molar-refractivity contribution in [1.82, 2.24) is 0 Å². The first-order valence-corrected chi connectivity index (χ1v) is 5.15. The topological polar surface area (TPSA) is 49.5 Å². The SMILES string of the molecule is Cc1ccc(N(C)CC(C)(O)CN)cc1. The normalized spacial score (nSPS) is 14.7. The number of anilines is 1. The minimum Gasteiger partial charge on any atom is -0.387 e. The smallest absolute Gasteiger partial charge is 0.0915 e. The van der Waals surface area contributed by atoms with E-state index in [-0.39, 0.29) is 6.54 Å². The van der Waals surface area contributed by atoms with Gasteiger partial charge in [0, 0.05) is 25.8 Å². The first-order chi connectivity index (χ1) is 6.94. The van der Waals surface area contributed by atoms with Gasteiger partial charge in [-0.15, -0.1) is 0 Å². The second kappa shape index (κ2) is 4.64. The molecule has 3 N–H and O–H groups in total. The summed E-state index contributed by atoms with van der Waals surface area (Å²) in [4.78, 5) is 2.01. The summed E-state index contributed by atoms with van der Waals surface area (Å²) in [6.07, 6.45) is 0. The number of aryl methyl sites for hydroxylation is 1. The molecule has 1 unspecified atom stereocenters. The summed E-state index contributed by atoms with van der Waals surface area (Å²) in [5, 5.41) is 9.84. The molecular weight excluding hydrogens is 188 g/mol. The molecule has 0 saturated heterocycles. The summed E-state index contributed by atoms with van der Waals surface area (Å²) in [5.74, 6) is 0. The molecule has 0 radical (unpaired) electrons. The van der Waals surface area contributed by atoms with Gasteiger partial charge >= 0.3 is 0 Å². The molecule has 0 amide bonds. The third-order valence-corrected chi connectivity index (χ3v) is 2.49. The molecule has 15 heavy (non-hydrogen) atoms. The maximum Gasteiger partial charge on any atom is 0.0915 e. The fraction of sp³-hybridized carbons (Fsp3) is 0.500. The average Bonchev–Trinajstić information content (AvgIpc) is 2.18. The van der Waals surface area contributed by atoms with Crippen molar-refractivity contribution in [3.05, 3.63) is 29.8 Å². The molecule has 1 rings (SSSR count). The Bertz CT molecular complexity index is 306. The summed E-state index contributed by atoms with van der Waals surface area (Å²) >= 11 is 0. The summed E-state index contributed by atoms with van der Waals surface area (Å²) < 4.78 is 0. The van der Waals surface area contributed by atoms with Crippen LogP contribution in [0.5, 0.6) is 0 Å². The van der Waals surface area contributed by atoms with Crippen molar-refractivity contribution in [2.45, 2.75) is 19.4 Å². The Morgan fingerprint density at radius 2 is 1.87 bits per heavy atom. The average molecular weight is 208 g/mol. The van der Waals surface area contributed by atoms with Crippen LogP contribution < -0.4 is 10.6 Å². The van der Waals surface area contributed by atoms with Crippen LogP contribution in [0.15, 0.2) is 24.3 Å². The molecule has 0 aliphatic heterocycles. The van der Waals surface area contributed by atoms with Crippen molar-refractivity contribution >= 4 is 5.69 Å². The van der Waals surface area contributed by atoms with Gasteiger partial charge in [0.05, 0.1) is 5.60 Å². The summed E-state index contributed by atoms with van der Waals surface area (Å²) in [5.41, 5.74) is 6.97. The molecule has 0 heterocycles. The Morgan fingerprint density at radius 1 is 1.33 bits per heavy atom. The molecule has 0 bridgehead atoms. The number of likely N-dealkylation sites (N-methyl/N-ethyl adjacent to an activating group) is 1. The molecule has 0 aromatic heterocycles. The van der Waals surface area contributed by atoms with Gasteiger partial charge in [0.25, 0.3) is 0 Å². The minimum atomic E-state index is -0.834. The third-order valence-electron chi connectivity index (χ3n) is 2.49. The van der Waals surface area contributed by atoms with E-state index in [2.05, 4.69) is 19.1 Å². The molecule has 0 aliphatic rings. The molecule has 0 fully saturated rings. The van der Waals surface area contributed by atoms with Crippen LogP contribution in [-0.4, -0.2) is 30.8 Å². The first kappa shape index (κ1) is 12.0. The summed E-state index contributed by atoms with van der Waals surface area (Å²) in [6, 6.07) is 8.20. The zero-order valence-electron chi connectivity index (χ0n) is 9.70. The number of aliphatic hydroxyl groups is 1. The Kier molecular flexibility index (Phi) is 3.72. The highest BCUT2D eigenvalue weighted by atomic mass is 16.3. The zero-order valence-corrected chi connectivity index (χ0v) is 9.70. The standard InChI is InChI=1S/C12H20N2O/c1-10-4-6-11(7-5-10)14(3)9-12(2,15)8-13/h4-7,15H,8-9,13H2,1-3H3. The second-order valence-corrected chi connectivity index (χ2v) is 4.39. The van der Waals surface area contributed by atoms with Crippen molar-refractivity contribution in [2.24, 2.45) is 5.73 Å². The highest BCUT2D eigenvalue weighted by Crippen LogP contribution is 2.15. The largest absolute Gasteiger partial charge is 0.387 e. The van der Waals surface area contributed by atoms with E-state index in [0.29, 0.717) is 6.54 Å². The predicted molar refractivity (Wildman–Crippen MR) is 64.1 cm³/mol. The second-order valence-electron chi connectivity index (χ2n) is 4.39. The number of nitrogens with two attached hydrogens (primary N) is 1. The fourth-order valence-corrected chi connectivity index (χ4v) is 1.47. The minimum absolute atomic E-state index is 0.267. The van der Waals surface area contributed by atoms with Crippen LogP contribution in [0.4, 0.5) is 5.69 Å². The van der Waals surface area contributed by atoms with E-state index >= 15 is 0 Å². The van der Waals surface area contributed by atoms with Gasteiger partial charge in [-0.2, -0.15) is 0 Å². The van der Waals surface area contributed by atoms with Gasteiger partial charge in [0.2, 0.25) is 0 Å². The van der Waals surface area contributed by atoms with Crippen LogP contribution >= 0.6 is 0 Å². The van der Waals surface area contributed by atoms with Crippen LogP contribution in [0.2, 0.25) is 0 Å². The van der Waals surface area contributed by atoms with E-state index < -0.39 is 5.60 Å². The van der Waals surface area contributed by atoms with E-state index in [1.54, 1.807) is 6.92 Å². The number of rotatable bonds is 4. The van der Waals surface area contributed by atoms with Gasteiger partial charge in [0.1, 0.15) is 0 Å². The fourth-order valence-electron chi connectivity index (χ4n) is 1.47. The number of hydrogen-bond acceptors (Lipinski definition) is 3. The molecule has 1 aromatic carbocycles. The van der Waals surface area contributed by atoms with Gasteiger partial charge < -0.3 is 15.7 Å². The van der Waals surface area contributed by atoms with E-state index in [9.17, 15) is 5.11 Å². The van der Waals surface area contributed by atoms with Gasteiger partial charge in [-0.25, -0.2) is 0 Å². The van der Waals surface area contributed by atoms with E-state index in [1.165, 1.54) is 5.56 Å². The summed E-state index contributed by atoms with van der Waals surface area (Å²) in [7, 11) is 1.95. The number of benzene rings is 1. The van der Waals surface area contributed by atoms with E-state index in [4.69, 9.17) is 5.73 Å². The molecule has 0 aliphatic carbocycles. The lowest BCUT2D eigenvalue weighted by Crippen LogP contribution is -2.44. The van der Waals surface area contributed by atoms with E-state index in [0.717, 1.165) is 5.69 Å². The Labute approximate surface area is 91.5 Å². The van der Waals surface area contributed by atoms with Crippen molar-refractivity contribution in [1.29, 1.82) is 0 Å². The Morgan fingerprint density at radius 3 is 2.33 bits per heavy atom. The molecule has 84 valence electrons. The van der Waals surface area contributed by atoms with Crippen molar-refractivity contribution in [2.75, 3.05) is 25.0 Å². The predicted octanol–water partition coefficient (Wildman–Crippen LogP) is 1.14. The maximum atomic E-state index is 9.84.